The third-order valence-corrected chi connectivity index (χ3v) is 5.83. The monoisotopic (exact) mass is 406 g/mol. The lowest BCUT2D eigenvalue weighted by molar-refractivity contribution is -0.135. The van der Waals surface area contributed by atoms with Crippen molar-refractivity contribution in [3.05, 3.63) is 63.0 Å². The molecule has 2 aromatic carbocycles. The van der Waals surface area contributed by atoms with Crippen molar-refractivity contribution in [2.75, 3.05) is 0 Å². The maximum absolute atomic E-state index is 12.0. The van der Waals surface area contributed by atoms with Crippen molar-refractivity contribution in [3.63, 3.8) is 0 Å². The van der Waals surface area contributed by atoms with Crippen molar-refractivity contribution in [1.29, 1.82) is 0 Å². The van der Waals surface area contributed by atoms with Gasteiger partial charge >= 0.3 is 0 Å². The van der Waals surface area contributed by atoms with E-state index in [0.717, 1.165) is 10.1 Å². The first kappa shape index (κ1) is 17.1. The van der Waals surface area contributed by atoms with Gasteiger partial charge in [0.15, 0.2) is 0 Å². The highest BCUT2D eigenvalue weighted by Gasteiger charge is 2.34. The first-order chi connectivity index (χ1) is 12.4. The summed E-state index contributed by atoms with van der Waals surface area (Å²) in [7, 11) is 0. The van der Waals surface area contributed by atoms with Gasteiger partial charge in [-0.3, -0.25) is 4.79 Å². The lowest BCUT2D eigenvalue weighted by Crippen LogP contribution is -2.25. The van der Waals surface area contributed by atoms with E-state index in [2.05, 4.69) is 5.10 Å². The summed E-state index contributed by atoms with van der Waals surface area (Å²) in [5.41, 5.74) is 0.692. The number of hydrazone groups is 1. The van der Waals surface area contributed by atoms with Crippen molar-refractivity contribution in [1.82, 2.24) is 5.01 Å². The predicted molar refractivity (Wildman–Crippen MR) is 103 cm³/mol. The van der Waals surface area contributed by atoms with Gasteiger partial charge in [0.1, 0.15) is 10.6 Å². The molecule has 1 N–H and O–H groups in total. The number of phenols is 1. The van der Waals surface area contributed by atoms with Crippen molar-refractivity contribution in [2.45, 2.75) is 13.2 Å². The SMILES string of the molecule is CC(=O)N1N=C(c2sc3ccc(Cl)cc3c2Cl)OC1c1ccc(O)cc1. The molecule has 0 radical (unpaired) electrons. The van der Waals surface area contributed by atoms with Crippen molar-refractivity contribution >= 4 is 56.4 Å². The van der Waals surface area contributed by atoms with Gasteiger partial charge in [0.25, 0.3) is 5.90 Å². The lowest BCUT2D eigenvalue weighted by Gasteiger charge is -2.19. The number of thiophene rings is 1. The summed E-state index contributed by atoms with van der Waals surface area (Å²) in [6.07, 6.45) is -0.715. The molecular weight excluding hydrogens is 395 g/mol. The Kier molecular flexibility index (Phi) is 4.26. The standard InChI is InChI=1S/C18H12Cl2N2O3S/c1-9(23)22-18(10-2-5-12(24)6-3-10)25-17(21-22)16-15(20)13-8-11(19)4-7-14(13)26-16/h2-8,18,24H,1H3. The van der Waals surface area contributed by atoms with Crippen LogP contribution in [0.25, 0.3) is 10.1 Å². The Bertz CT molecular complexity index is 1050. The Morgan fingerprint density at radius 3 is 2.65 bits per heavy atom. The average molecular weight is 407 g/mol. The van der Waals surface area contributed by atoms with Gasteiger partial charge in [-0.05, 0) is 42.5 Å². The van der Waals surface area contributed by atoms with E-state index in [1.54, 1.807) is 24.3 Å². The summed E-state index contributed by atoms with van der Waals surface area (Å²) in [5.74, 6) is 0.144. The molecule has 4 rings (SSSR count). The molecule has 5 nitrogen and oxygen atoms in total. The zero-order chi connectivity index (χ0) is 18.4. The molecule has 1 aliphatic rings. The maximum atomic E-state index is 12.0. The van der Waals surface area contributed by atoms with Gasteiger partial charge in [-0.1, -0.05) is 23.2 Å². The molecule has 8 heteroatoms. The molecule has 0 spiro atoms. The Morgan fingerprint density at radius 2 is 1.96 bits per heavy atom. The van der Waals surface area contributed by atoms with Crippen LogP contribution in [0.4, 0.5) is 0 Å². The normalized spacial score (nSPS) is 16.7. The minimum Gasteiger partial charge on any atom is -0.508 e. The third kappa shape index (κ3) is 2.90. The highest BCUT2D eigenvalue weighted by molar-refractivity contribution is 7.21. The average Bonchev–Trinajstić information content (AvgIpc) is 3.18. The summed E-state index contributed by atoms with van der Waals surface area (Å²) < 4.78 is 6.90. The molecule has 0 saturated heterocycles. The number of phenolic OH excluding ortho intramolecular Hbond substituents is 1. The van der Waals surface area contributed by atoms with Crippen molar-refractivity contribution < 1.29 is 14.6 Å². The summed E-state index contributed by atoms with van der Waals surface area (Å²) in [5, 5.41) is 16.9. The van der Waals surface area contributed by atoms with Crippen molar-refractivity contribution in [3.8, 4) is 5.75 Å². The largest absolute Gasteiger partial charge is 0.508 e. The van der Waals surface area contributed by atoms with Crippen LogP contribution >= 0.6 is 34.5 Å². The van der Waals surface area contributed by atoms with Crippen LogP contribution in [0.1, 0.15) is 23.6 Å². The molecule has 2 heterocycles. The molecule has 0 bridgehead atoms. The van der Waals surface area contributed by atoms with Gasteiger partial charge < -0.3 is 9.84 Å². The lowest BCUT2D eigenvalue weighted by atomic mass is 10.2. The van der Waals surface area contributed by atoms with E-state index in [0.29, 0.717) is 20.5 Å². The van der Waals surface area contributed by atoms with E-state index in [9.17, 15) is 9.90 Å². The first-order valence-corrected chi connectivity index (χ1v) is 9.23. The van der Waals surface area contributed by atoms with Crippen LogP contribution < -0.4 is 0 Å². The minimum absolute atomic E-state index is 0.131. The zero-order valence-electron chi connectivity index (χ0n) is 13.4. The van der Waals surface area contributed by atoms with Crippen LogP contribution in [0.5, 0.6) is 5.75 Å². The van der Waals surface area contributed by atoms with Gasteiger partial charge in [0.05, 0.1) is 5.02 Å². The highest BCUT2D eigenvalue weighted by Crippen LogP contribution is 2.40. The second kappa shape index (κ2) is 6.46. The molecule has 1 atom stereocenters. The number of halogens is 2. The summed E-state index contributed by atoms with van der Waals surface area (Å²) in [6.45, 7) is 1.41. The molecule has 0 fully saturated rings. The van der Waals surface area contributed by atoms with Crippen LogP contribution in [0, 0.1) is 0 Å². The number of carbonyl (C=O) groups excluding carboxylic acids is 1. The van der Waals surface area contributed by atoms with Crippen LogP contribution in [-0.4, -0.2) is 21.9 Å². The van der Waals surface area contributed by atoms with Gasteiger partial charge in [0, 0.05) is 27.6 Å². The molecule has 0 aliphatic carbocycles. The van der Waals surface area contributed by atoms with E-state index < -0.39 is 6.23 Å². The van der Waals surface area contributed by atoms with Crippen LogP contribution in [0.3, 0.4) is 0 Å². The van der Waals surface area contributed by atoms with Gasteiger partial charge in [-0.15, -0.1) is 16.4 Å². The maximum Gasteiger partial charge on any atom is 0.252 e. The number of ether oxygens (including phenoxy) is 1. The number of benzene rings is 2. The van der Waals surface area contributed by atoms with E-state index in [4.69, 9.17) is 27.9 Å². The Labute approximate surface area is 163 Å². The quantitative estimate of drug-likeness (QED) is 0.639. The summed E-state index contributed by atoms with van der Waals surface area (Å²) >= 11 is 14.0. The molecule has 1 unspecified atom stereocenters. The molecular formula is C18H12Cl2N2O3S. The number of amides is 1. The molecule has 1 aromatic heterocycles. The summed E-state index contributed by atoms with van der Waals surface area (Å²) in [6, 6.07) is 11.9. The fourth-order valence-electron chi connectivity index (χ4n) is 2.69. The van der Waals surface area contributed by atoms with Gasteiger partial charge in [0.2, 0.25) is 12.1 Å². The number of hydrogen-bond donors (Lipinski definition) is 1. The number of hydrogen-bond acceptors (Lipinski definition) is 5. The Hall–Kier alpha value is -2.28. The van der Waals surface area contributed by atoms with E-state index in [1.165, 1.54) is 35.4 Å². The van der Waals surface area contributed by atoms with Crippen LogP contribution in [-0.2, 0) is 9.53 Å². The minimum atomic E-state index is -0.715. The van der Waals surface area contributed by atoms with E-state index in [-0.39, 0.29) is 17.6 Å². The fraction of sp³-hybridized carbons (Fsp3) is 0.111. The number of fused-ring (bicyclic) bond motifs is 1. The summed E-state index contributed by atoms with van der Waals surface area (Å²) in [4.78, 5) is 12.7. The number of rotatable bonds is 2. The molecule has 3 aromatic rings. The smallest absolute Gasteiger partial charge is 0.252 e. The molecule has 1 aliphatic heterocycles. The zero-order valence-corrected chi connectivity index (χ0v) is 15.8. The Balaban J connectivity index is 1.76. The fourth-order valence-corrected chi connectivity index (χ4v) is 4.27. The van der Waals surface area contributed by atoms with E-state index in [1.807, 2.05) is 6.07 Å². The van der Waals surface area contributed by atoms with Crippen LogP contribution in [0.15, 0.2) is 47.6 Å². The first-order valence-electron chi connectivity index (χ1n) is 7.66. The van der Waals surface area contributed by atoms with Gasteiger partial charge in [-0.25, -0.2) is 0 Å². The number of carbonyl (C=O) groups is 1. The topological polar surface area (TPSA) is 62.1 Å². The predicted octanol–water partition coefficient (Wildman–Crippen LogP) is 5.15. The Morgan fingerprint density at radius 1 is 1.23 bits per heavy atom. The number of nitrogens with zero attached hydrogens (tertiary/aromatic N) is 2. The van der Waals surface area contributed by atoms with Crippen molar-refractivity contribution in [2.24, 2.45) is 5.10 Å². The number of aromatic hydroxyl groups is 1. The second-order valence-corrected chi connectivity index (χ2v) is 7.58. The third-order valence-electron chi connectivity index (χ3n) is 3.93. The van der Waals surface area contributed by atoms with Crippen LogP contribution in [0.2, 0.25) is 10.0 Å². The molecule has 0 saturated carbocycles. The highest BCUT2D eigenvalue weighted by atomic mass is 35.5. The second-order valence-electron chi connectivity index (χ2n) is 5.72. The molecule has 1 amide bonds. The molecule has 132 valence electrons. The van der Waals surface area contributed by atoms with Gasteiger partial charge in [-0.2, -0.15) is 5.01 Å². The van der Waals surface area contributed by atoms with E-state index >= 15 is 0 Å². The molecule has 26 heavy (non-hydrogen) atoms.